The van der Waals surface area contributed by atoms with Crippen molar-refractivity contribution in [1.29, 1.82) is 0 Å². The highest BCUT2D eigenvalue weighted by molar-refractivity contribution is 5.84. The van der Waals surface area contributed by atoms with E-state index in [1.54, 1.807) is 0 Å². The van der Waals surface area contributed by atoms with Crippen molar-refractivity contribution in [2.75, 3.05) is 13.7 Å². The van der Waals surface area contributed by atoms with Gasteiger partial charge in [0.25, 0.3) is 0 Å². The number of carbonyl (C=O) groups is 1. The van der Waals surface area contributed by atoms with Crippen LogP contribution >= 0.6 is 0 Å². The van der Waals surface area contributed by atoms with E-state index in [0.717, 1.165) is 76.5 Å². The van der Waals surface area contributed by atoms with E-state index in [1.807, 2.05) is 14.0 Å². The van der Waals surface area contributed by atoms with Crippen molar-refractivity contribution in [3.63, 3.8) is 0 Å². The first-order chi connectivity index (χ1) is 17.6. The lowest BCUT2D eigenvalue weighted by Crippen LogP contribution is -2.58. The molecule has 0 saturated heterocycles. The van der Waals surface area contributed by atoms with Gasteiger partial charge in [0.05, 0.1) is 12.2 Å². The molecule has 8 unspecified atom stereocenters. The standard InChI is InChI=1S/C29H39F2N3O3/c1-27(36)10-11-29(16-37-3)17(14-27)4-5-19-20-6-7-22(28(20,2)9-8-21(19)29)25(35)15-34-26-23(31)12-18(30)13-24(26)32-33-34/h12-13,17,19-22,36H,4-11,14-16H2,1-3H3. The molecule has 202 valence electrons. The SMILES string of the molecule is COCC12CCC(C)(O)CC1CCC1C3CCC(C(=O)Cn4nnc5cc(F)cc(F)c54)C3(C)CCC12. The molecule has 8 heteroatoms. The largest absolute Gasteiger partial charge is 0.390 e. The number of hydrogen-bond acceptors (Lipinski definition) is 5. The van der Waals surface area contributed by atoms with Gasteiger partial charge in [0.1, 0.15) is 23.4 Å². The zero-order chi connectivity index (χ0) is 26.2. The predicted octanol–water partition coefficient (Wildman–Crippen LogP) is 5.32. The molecule has 37 heavy (non-hydrogen) atoms. The third-order valence-corrected chi connectivity index (χ3v) is 11.3. The highest BCUT2D eigenvalue weighted by atomic mass is 19.1. The summed E-state index contributed by atoms with van der Waals surface area (Å²) in [7, 11) is 1.81. The molecule has 4 saturated carbocycles. The summed E-state index contributed by atoms with van der Waals surface area (Å²) in [6.07, 6.45) is 8.94. The van der Waals surface area contributed by atoms with Gasteiger partial charge in [0.15, 0.2) is 11.6 Å². The summed E-state index contributed by atoms with van der Waals surface area (Å²) in [5.41, 5.74) is -0.324. The Kier molecular flexibility index (Phi) is 6.03. The van der Waals surface area contributed by atoms with Crippen LogP contribution in [-0.4, -0.2) is 45.2 Å². The number of Topliss-reactive ketones (excluding diaryl/α,β-unsaturated/α-hetero) is 1. The number of halogens is 2. The molecule has 0 amide bonds. The molecule has 1 N–H and O–H groups in total. The molecule has 4 aliphatic carbocycles. The van der Waals surface area contributed by atoms with Gasteiger partial charge in [-0.2, -0.15) is 0 Å². The van der Waals surface area contributed by atoms with E-state index in [2.05, 4.69) is 17.2 Å². The maximum Gasteiger partial charge on any atom is 0.157 e. The number of nitrogens with zero attached hydrogens (tertiary/aromatic N) is 3. The molecule has 8 atom stereocenters. The highest BCUT2D eigenvalue weighted by Gasteiger charge is 2.63. The van der Waals surface area contributed by atoms with Crippen LogP contribution in [0.1, 0.15) is 71.6 Å². The van der Waals surface area contributed by atoms with E-state index >= 15 is 0 Å². The Morgan fingerprint density at radius 2 is 1.92 bits per heavy atom. The fraction of sp³-hybridized carbons (Fsp3) is 0.759. The smallest absolute Gasteiger partial charge is 0.157 e. The minimum atomic E-state index is -0.740. The van der Waals surface area contributed by atoms with Gasteiger partial charge in [0, 0.05) is 25.2 Å². The number of ketones is 1. The van der Waals surface area contributed by atoms with Gasteiger partial charge in [-0.3, -0.25) is 4.79 Å². The zero-order valence-corrected chi connectivity index (χ0v) is 22.2. The lowest BCUT2D eigenvalue weighted by Gasteiger charge is -2.62. The summed E-state index contributed by atoms with van der Waals surface area (Å²) in [4.78, 5) is 13.7. The van der Waals surface area contributed by atoms with Crippen molar-refractivity contribution < 1.29 is 23.4 Å². The Balaban J connectivity index is 1.24. The van der Waals surface area contributed by atoms with Gasteiger partial charge in [-0.25, -0.2) is 13.5 Å². The number of carbonyl (C=O) groups excluding carboxylic acids is 1. The molecule has 1 aromatic carbocycles. The number of fused-ring (bicyclic) bond motifs is 6. The molecule has 0 radical (unpaired) electrons. The molecule has 4 aliphatic rings. The van der Waals surface area contributed by atoms with Crippen LogP contribution in [0.5, 0.6) is 0 Å². The number of methoxy groups -OCH3 is 1. The Morgan fingerprint density at radius 3 is 2.70 bits per heavy atom. The van der Waals surface area contributed by atoms with Gasteiger partial charge >= 0.3 is 0 Å². The number of aliphatic hydroxyl groups is 1. The van der Waals surface area contributed by atoms with Gasteiger partial charge in [-0.1, -0.05) is 12.1 Å². The van der Waals surface area contributed by atoms with Crippen molar-refractivity contribution in [1.82, 2.24) is 15.0 Å². The number of ether oxygens (including phenoxy) is 1. The van der Waals surface area contributed by atoms with Gasteiger partial charge in [-0.15, -0.1) is 5.10 Å². The van der Waals surface area contributed by atoms with Crippen molar-refractivity contribution in [2.24, 2.45) is 40.4 Å². The topological polar surface area (TPSA) is 77.2 Å². The monoisotopic (exact) mass is 515 g/mol. The first kappa shape index (κ1) is 25.4. The lowest BCUT2D eigenvalue weighted by atomic mass is 9.43. The quantitative estimate of drug-likeness (QED) is 0.584. The van der Waals surface area contributed by atoms with Crippen molar-refractivity contribution in [2.45, 2.75) is 83.8 Å². The Morgan fingerprint density at radius 1 is 1.11 bits per heavy atom. The molecule has 6 rings (SSSR count). The minimum Gasteiger partial charge on any atom is -0.390 e. The highest BCUT2D eigenvalue weighted by Crippen LogP contribution is 2.68. The number of hydrogen-bond donors (Lipinski definition) is 1. The fourth-order valence-corrected chi connectivity index (χ4v) is 9.71. The molecule has 1 aromatic heterocycles. The normalized spacial score (nSPS) is 41.3. The van der Waals surface area contributed by atoms with Crippen LogP contribution in [0.3, 0.4) is 0 Å². The molecule has 6 nitrogen and oxygen atoms in total. The van der Waals surface area contributed by atoms with Crippen LogP contribution in [0.25, 0.3) is 11.0 Å². The summed E-state index contributed by atoms with van der Waals surface area (Å²) in [5.74, 6) is 0.648. The zero-order valence-electron chi connectivity index (χ0n) is 22.2. The lowest BCUT2D eigenvalue weighted by molar-refractivity contribution is -0.175. The number of rotatable bonds is 5. The fourth-order valence-electron chi connectivity index (χ4n) is 9.71. The summed E-state index contributed by atoms with van der Waals surface area (Å²) in [6.45, 7) is 5.01. The predicted molar refractivity (Wildman–Crippen MR) is 134 cm³/mol. The van der Waals surface area contributed by atoms with E-state index < -0.39 is 17.2 Å². The average Bonchev–Trinajstić information content (AvgIpc) is 3.39. The molecule has 0 spiro atoms. The molecule has 0 aliphatic heterocycles. The molecule has 0 bridgehead atoms. The molecule has 4 fully saturated rings. The molecular formula is C29H39F2N3O3. The van der Waals surface area contributed by atoms with Crippen molar-refractivity contribution in [3.05, 3.63) is 23.8 Å². The van der Waals surface area contributed by atoms with Crippen LogP contribution in [0.4, 0.5) is 8.78 Å². The minimum absolute atomic E-state index is 0.0368. The molecular weight excluding hydrogens is 476 g/mol. The number of aromatic nitrogens is 3. The maximum atomic E-state index is 14.5. The van der Waals surface area contributed by atoms with Crippen molar-refractivity contribution >= 4 is 16.8 Å². The first-order valence-electron chi connectivity index (χ1n) is 14.0. The second-order valence-corrected chi connectivity index (χ2v) is 13.2. The van der Waals surface area contributed by atoms with Crippen molar-refractivity contribution in [3.8, 4) is 0 Å². The summed E-state index contributed by atoms with van der Waals surface area (Å²) < 4.78 is 35.3. The van der Waals surface area contributed by atoms with E-state index in [0.29, 0.717) is 23.7 Å². The van der Waals surface area contributed by atoms with E-state index in [9.17, 15) is 18.7 Å². The summed E-state index contributed by atoms with van der Waals surface area (Å²) in [6, 6.07) is 1.97. The average molecular weight is 516 g/mol. The van der Waals surface area contributed by atoms with Gasteiger partial charge < -0.3 is 9.84 Å². The number of benzene rings is 1. The van der Waals surface area contributed by atoms with E-state index in [4.69, 9.17) is 4.74 Å². The van der Waals surface area contributed by atoms with Gasteiger partial charge in [0.2, 0.25) is 0 Å². The van der Waals surface area contributed by atoms with E-state index in [1.165, 1.54) is 4.68 Å². The van der Waals surface area contributed by atoms with Crippen LogP contribution in [-0.2, 0) is 16.1 Å². The third-order valence-electron chi connectivity index (χ3n) is 11.3. The molecule has 2 aromatic rings. The Hall–Kier alpha value is -1.93. The Labute approximate surface area is 217 Å². The van der Waals surface area contributed by atoms with Gasteiger partial charge in [-0.05, 0) is 99.2 Å². The second-order valence-electron chi connectivity index (χ2n) is 13.2. The second kappa shape index (κ2) is 8.80. The summed E-state index contributed by atoms with van der Waals surface area (Å²) in [5, 5.41) is 18.7. The van der Waals surface area contributed by atoms with Crippen LogP contribution < -0.4 is 0 Å². The Bertz CT molecular complexity index is 1210. The maximum absolute atomic E-state index is 14.5. The summed E-state index contributed by atoms with van der Waals surface area (Å²) >= 11 is 0. The van der Waals surface area contributed by atoms with Crippen LogP contribution in [0.2, 0.25) is 0 Å². The van der Waals surface area contributed by atoms with Crippen LogP contribution in [0.15, 0.2) is 12.1 Å². The van der Waals surface area contributed by atoms with E-state index in [-0.39, 0.29) is 40.1 Å². The molecule has 1 heterocycles. The first-order valence-corrected chi connectivity index (χ1v) is 14.0. The third kappa shape index (κ3) is 3.88. The van der Waals surface area contributed by atoms with Crippen LogP contribution in [0, 0.1) is 52.1 Å².